The summed E-state index contributed by atoms with van der Waals surface area (Å²) in [5.74, 6) is 0.737. The van der Waals surface area contributed by atoms with Crippen LogP contribution in [0, 0.1) is 0 Å². The van der Waals surface area contributed by atoms with Crippen molar-refractivity contribution in [3.8, 4) is 0 Å². The molecule has 0 aliphatic heterocycles. The molecule has 1 aliphatic carbocycles. The van der Waals surface area contributed by atoms with Crippen LogP contribution in [0.25, 0.3) is 5.65 Å². The van der Waals surface area contributed by atoms with Gasteiger partial charge in [0.05, 0.1) is 11.3 Å². The average molecular weight is 414 g/mol. The minimum Gasteiger partial charge on any atom is -0.349 e. The number of carbonyl (C=O) groups is 1. The minimum atomic E-state index is 0.0116. The van der Waals surface area contributed by atoms with Crippen LogP contribution in [0.5, 0.6) is 0 Å². The molecule has 30 heavy (non-hydrogen) atoms. The van der Waals surface area contributed by atoms with Crippen LogP contribution in [-0.2, 0) is 18.6 Å². The van der Waals surface area contributed by atoms with E-state index in [0.29, 0.717) is 0 Å². The molecule has 2 aromatic heterocycles. The molecular weight excluding hydrogens is 390 g/mol. The highest BCUT2D eigenvalue weighted by Gasteiger charge is 2.21. The number of carbonyl (C=O) groups excluding carboxylic acids is 1. The first kappa shape index (κ1) is 18.9. The maximum atomic E-state index is 13.1. The summed E-state index contributed by atoms with van der Waals surface area (Å²) < 4.78 is 2.02. The van der Waals surface area contributed by atoms with Gasteiger partial charge in [0.2, 0.25) is 0 Å². The number of rotatable bonds is 5. The third kappa shape index (κ3) is 3.98. The van der Waals surface area contributed by atoms with Crippen LogP contribution in [0.3, 0.4) is 0 Å². The molecule has 1 amide bonds. The second-order valence-corrected chi connectivity index (χ2v) is 8.68. The predicted molar refractivity (Wildman–Crippen MR) is 121 cm³/mol. The Morgan fingerprint density at radius 2 is 1.83 bits per heavy atom. The van der Waals surface area contributed by atoms with Gasteiger partial charge < -0.3 is 9.72 Å². The number of fused-ring (bicyclic) bond motifs is 2. The first-order valence-electron chi connectivity index (χ1n) is 10.3. The van der Waals surface area contributed by atoms with Crippen LogP contribution >= 0.6 is 11.8 Å². The van der Waals surface area contributed by atoms with Gasteiger partial charge in [0, 0.05) is 29.1 Å². The Kier molecular flexibility index (Phi) is 5.28. The van der Waals surface area contributed by atoms with E-state index in [1.807, 2.05) is 59.3 Å². The summed E-state index contributed by atoms with van der Waals surface area (Å²) >= 11 is 1.66. The zero-order valence-electron chi connectivity index (χ0n) is 16.6. The van der Waals surface area contributed by atoms with Gasteiger partial charge in [0.1, 0.15) is 5.65 Å². The van der Waals surface area contributed by atoms with Crippen LogP contribution in [0.1, 0.15) is 33.6 Å². The molecule has 150 valence electrons. The van der Waals surface area contributed by atoms with Gasteiger partial charge in [-0.05, 0) is 54.7 Å². The number of amides is 1. The fourth-order valence-electron chi connectivity index (χ4n) is 4.07. The number of pyridine rings is 1. The van der Waals surface area contributed by atoms with Crippen molar-refractivity contribution in [3.63, 3.8) is 0 Å². The van der Waals surface area contributed by atoms with Crippen molar-refractivity contribution in [2.24, 2.45) is 0 Å². The summed E-state index contributed by atoms with van der Waals surface area (Å²) in [5, 5.41) is 3.26. The van der Waals surface area contributed by atoms with Crippen LogP contribution in [0.15, 0.2) is 84.0 Å². The topological polar surface area (TPSA) is 46.4 Å². The molecule has 1 atom stereocenters. The summed E-state index contributed by atoms with van der Waals surface area (Å²) in [7, 11) is 0. The first-order chi connectivity index (χ1) is 14.8. The lowest BCUT2D eigenvalue weighted by Crippen LogP contribution is -2.39. The number of nitrogens with zero attached hydrogens (tertiary/aromatic N) is 2. The van der Waals surface area contributed by atoms with Crippen molar-refractivity contribution in [1.82, 2.24) is 14.7 Å². The largest absolute Gasteiger partial charge is 0.349 e. The second kappa shape index (κ2) is 8.36. The molecule has 1 unspecified atom stereocenters. The van der Waals surface area contributed by atoms with Gasteiger partial charge >= 0.3 is 0 Å². The zero-order chi connectivity index (χ0) is 20.3. The number of hydrogen-bond acceptors (Lipinski definition) is 3. The molecule has 0 fully saturated rings. The van der Waals surface area contributed by atoms with Gasteiger partial charge in [-0.25, -0.2) is 4.98 Å². The lowest BCUT2D eigenvalue weighted by Gasteiger charge is -2.25. The molecule has 2 heterocycles. The van der Waals surface area contributed by atoms with E-state index in [1.54, 1.807) is 11.8 Å². The number of hydrogen-bond donors (Lipinski definition) is 1. The SMILES string of the molecule is O=C(NC1CCc2ccccc2C1)c1ccccc1SCc1cn2ccccc2n1. The number of aromatic nitrogens is 2. The fraction of sp³-hybridized carbons (Fsp3) is 0.200. The molecule has 0 bridgehead atoms. The summed E-state index contributed by atoms with van der Waals surface area (Å²) in [4.78, 5) is 18.7. The Bertz CT molecular complexity index is 1170. The Morgan fingerprint density at radius 3 is 2.73 bits per heavy atom. The Hall–Kier alpha value is -3.05. The number of benzene rings is 2. The van der Waals surface area contributed by atoms with Gasteiger partial charge in [-0.15, -0.1) is 11.8 Å². The van der Waals surface area contributed by atoms with Crippen LogP contribution in [0.4, 0.5) is 0 Å². The first-order valence-corrected chi connectivity index (χ1v) is 11.3. The maximum absolute atomic E-state index is 13.1. The molecular formula is C25H23N3OS. The Labute approximate surface area is 180 Å². The summed E-state index contributed by atoms with van der Waals surface area (Å²) in [6.07, 6.45) is 6.95. The van der Waals surface area contributed by atoms with Crippen molar-refractivity contribution in [3.05, 3.63) is 102 Å². The van der Waals surface area contributed by atoms with E-state index in [9.17, 15) is 4.79 Å². The third-order valence-electron chi connectivity index (χ3n) is 5.60. The molecule has 5 rings (SSSR count). The molecule has 4 nitrogen and oxygen atoms in total. The van der Waals surface area contributed by atoms with Crippen LogP contribution in [-0.4, -0.2) is 21.3 Å². The second-order valence-electron chi connectivity index (χ2n) is 7.67. The van der Waals surface area contributed by atoms with Crippen molar-refractivity contribution >= 4 is 23.3 Å². The number of imidazole rings is 1. The quantitative estimate of drug-likeness (QED) is 0.473. The van der Waals surface area contributed by atoms with Gasteiger partial charge in [0.15, 0.2) is 0 Å². The molecule has 5 heteroatoms. The van der Waals surface area contributed by atoms with Crippen molar-refractivity contribution in [2.45, 2.75) is 36.0 Å². The average Bonchev–Trinajstić information content (AvgIpc) is 3.21. The molecule has 0 saturated heterocycles. The third-order valence-corrected chi connectivity index (χ3v) is 6.71. The van der Waals surface area contributed by atoms with E-state index in [-0.39, 0.29) is 11.9 Å². The molecule has 0 spiro atoms. The summed E-state index contributed by atoms with van der Waals surface area (Å²) in [5.41, 5.74) is 5.45. The highest BCUT2D eigenvalue weighted by Crippen LogP contribution is 2.27. The van der Waals surface area contributed by atoms with Gasteiger partial charge in [-0.1, -0.05) is 42.5 Å². The molecule has 2 aromatic carbocycles. The van der Waals surface area contributed by atoms with Crippen molar-refractivity contribution in [2.75, 3.05) is 0 Å². The van der Waals surface area contributed by atoms with E-state index < -0.39 is 0 Å². The van der Waals surface area contributed by atoms with E-state index in [4.69, 9.17) is 0 Å². The number of aryl methyl sites for hydroxylation is 1. The fourth-order valence-corrected chi connectivity index (χ4v) is 5.01. The lowest BCUT2D eigenvalue weighted by molar-refractivity contribution is 0.0930. The molecule has 0 saturated carbocycles. The highest BCUT2D eigenvalue weighted by molar-refractivity contribution is 7.98. The normalized spacial score (nSPS) is 15.7. The smallest absolute Gasteiger partial charge is 0.252 e. The molecule has 0 radical (unpaired) electrons. The summed E-state index contributed by atoms with van der Waals surface area (Å²) in [6.45, 7) is 0. The number of nitrogens with one attached hydrogen (secondary N) is 1. The van der Waals surface area contributed by atoms with Gasteiger partial charge in [0.25, 0.3) is 5.91 Å². The lowest BCUT2D eigenvalue weighted by atomic mass is 9.88. The van der Waals surface area contributed by atoms with E-state index >= 15 is 0 Å². The standard InChI is InChI=1S/C25H23N3OS/c29-25(27-20-13-12-18-7-1-2-8-19(18)15-20)22-9-3-4-10-23(22)30-17-21-16-28-14-6-5-11-24(28)26-21/h1-11,14,16,20H,12-13,15,17H2,(H,27,29). The van der Waals surface area contributed by atoms with E-state index in [1.165, 1.54) is 11.1 Å². The van der Waals surface area contributed by atoms with E-state index in [0.717, 1.165) is 46.8 Å². The maximum Gasteiger partial charge on any atom is 0.252 e. The monoisotopic (exact) mass is 413 g/mol. The Balaban J connectivity index is 1.28. The van der Waals surface area contributed by atoms with E-state index in [2.05, 4.69) is 34.6 Å². The zero-order valence-corrected chi connectivity index (χ0v) is 17.4. The van der Waals surface area contributed by atoms with Gasteiger partial charge in [-0.3, -0.25) is 4.79 Å². The highest BCUT2D eigenvalue weighted by atomic mass is 32.2. The predicted octanol–water partition coefficient (Wildman–Crippen LogP) is 4.91. The Morgan fingerprint density at radius 1 is 1.03 bits per heavy atom. The number of thioether (sulfide) groups is 1. The summed E-state index contributed by atoms with van der Waals surface area (Å²) in [6, 6.07) is 22.6. The minimum absolute atomic E-state index is 0.0116. The van der Waals surface area contributed by atoms with Crippen LogP contribution < -0.4 is 5.32 Å². The van der Waals surface area contributed by atoms with Crippen molar-refractivity contribution < 1.29 is 4.79 Å². The van der Waals surface area contributed by atoms with Crippen molar-refractivity contribution in [1.29, 1.82) is 0 Å². The molecule has 4 aromatic rings. The van der Waals surface area contributed by atoms with Crippen LogP contribution in [0.2, 0.25) is 0 Å². The molecule has 1 N–H and O–H groups in total. The van der Waals surface area contributed by atoms with Gasteiger partial charge in [-0.2, -0.15) is 0 Å². The molecule has 1 aliphatic rings.